The first-order valence-electron chi connectivity index (χ1n) is 13.1. The highest BCUT2D eigenvalue weighted by Gasteiger charge is 2.21. The highest BCUT2D eigenvalue weighted by atomic mass is 16.7. The van der Waals surface area contributed by atoms with Gasteiger partial charge in [-0.3, -0.25) is 15.2 Å². The Kier molecular flexibility index (Phi) is 9.80. The SMILES string of the molecule is CN=Cc1c(N)cccc1C(=N)c1cccc(C)c1Nc1ccc(N2CCCN(OC(C)(C)C)CC2)nc1.O. The van der Waals surface area contributed by atoms with Crippen molar-refractivity contribution in [3.63, 3.8) is 0 Å². The Morgan fingerprint density at radius 3 is 2.49 bits per heavy atom. The number of hydrogen-bond acceptors (Lipinski definition) is 8. The molecule has 9 nitrogen and oxygen atoms in total. The molecule has 0 unspecified atom stereocenters. The van der Waals surface area contributed by atoms with Crippen molar-refractivity contribution in [1.29, 1.82) is 5.41 Å². The summed E-state index contributed by atoms with van der Waals surface area (Å²) >= 11 is 0. The standard InChI is InChI=1S/C30H39N7O.H2O/c1-21-9-6-11-24(28(32)23-10-7-12-26(31)25(23)20-33-5)29(21)35-22-13-14-27(34-19-22)36-15-8-16-37(18-17-36)38-30(2,3)4;/h6-7,9-14,19-20,32,35H,8,15-18,31H2,1-5H3;1H2. The van der Waals surface area contributed by atoms with Crippen LogP contribution in [0.3, 0.4) is 0 Å². The minimum absolute atomic E-state index is 0. The number of aryl methyl sites for hydroxylation is 1. The number of para-hydroxylation sites is 1. The predicted molar refractivity (Wildman–Crippen MR) is 162 cm³/mol. The summed E-state index contributed by atoms with van der Waals surface area (Å²) in [4.78, 5) is 17.3. The molecular weight excluding hydrogens is 490 g/mol. The van der Waals surface area contributed by atoms with E-state index in [9.17, 15) is 0 Å². The lowest BCUT2D eigenvalue weighted by molar-refractivity contribution is -0.225. The Labute approximate surface area is 231 Å². The number of anilines is 4. The van der Waals surface area contributed by atoms with Crippen LogP contribution in [-0.4, -0.2) is 66.3 Å². The topological polar surface area (TPSA) is 134 Å². The second-order valence-corrected chi connectivity index (χ2v) is 10.6. The largest absolute Gasteiger partial charge is 0.412 e. The molecule has 0 saturated carbocycles. The zero-order valence-electron chi connectivity index (χ0n) is 23.6. The van der Waals surface area contributed by atoms with E-state index in [1.54, 1.807) is 13.3 Å². The molecule has 4 rings (SSSR count). The van der Waals surface area contributed by atoms with Gasteiger partial charge in [0.15, 0.2) is 0 Å². The van der Waals surface area contributed by atoms with Crippen molar-refractivity contribution >= 4 is 34.8 Å². The zero-order chi connectivity index (χ0) is 27.3. The van der Waals surface area contributed by atoms with Crippen molar-refractivity contribution in [2.24, 2.45) is 4.99 Å². The molecule has 0 bridgehead atoms. The normalized spacial score (nSPS) is 14.6. The lowest BCUT2D eigenvalue weighted by Crippen LogP contribution is -2.37. The van der Waals surface area contributed by atoms with Crippen molar-refractivity contribution in [2.75, 3.05) is 49.2 Å². The number of rotatable bonds is 7. The average Bonchev–Trinajstić information content (AvgIpc) is 3.11. The maximum absolute atomic E-state index is 9.06. The van der Waals surface area contributed by atoms with Gasteiger partial charge in [-0.25, -0.2) is 4.98 Å². The molecular formula is C30H41N7O2. The first kappa shape index (κ1) is 29.8. The lowest BCUT2D eigenvalue weighted by Gasteiger charge is -2.29. The number of nitrogens with zero attached hydrogens (tertiary/aromatic N) is 4. The molecule has 6 N–H and O–H groups in total. The number of pyridine rings is 1. The molecule has 0 amide bonds. The molecule has 39 heavy (non-hydrogen) atoms. The van der Waals surface area contributed by atoms with Gasteiger partial charge >= 0.3 is 0 Å². The quantitative estimate of drug-likeness (QED) is 0.301. The summed E-state index contributed by atoms with van der Waals surface area (Å²) in [6.45, 7) is 11.8. The van der Waals surface area contributed by atoms with E-state index in [-0.39, 0.29) is 11.1 Å². The van der Waals surface area contributed by atoms with Crippen LogP contribution in [0.25, 0.3) is 0 Å². The smallest absolute Gasteiger partial charge is 0.128 e. The fourth-order valence-electron chi connectivity index (χ4n) is 4.65. The number of hydroxylamine groups is 2. The van der Waals surface area contributed by atoms with Crippen LogP contribution >= 0.6 is 0 Å². The Morgan fingerprint density at radius 2 is 1.79 bits per heavy atom. The third-order valence-corrected chi connectivity index (χ3v) is 6.41. The molecule has 1 fully saturated rings. The molecule has 0 atom stereocenters. The third-order valence-electron chi connectivity index (χ3n) is 6.41. The van der Waals surface area contributed by atoms with Crippen LogP contribution < -0.4 is 16.0 Å². The predicted octanol–water partition coefficient (Wildman–Crippen LogP) is 4.60. The van der Waals surface area contributed by atoms with Gasteiger partial charge in [-0.2, -0.15) is 5.06 Å². The van der Waals surface area contributed by atoms with Gasteiger partial charge in [0.2, 0.25) is 0 Å². The van der Waals surface area contributed by atoms with Crippen LogP contribution in [0.5, 0.6) is 0 Å². The fraction of sp³-hybridized carbons (Fsp3) is 0.367. The Morgan fingerprint density at radius 1 is 1.05 bits per heavy atom. The van der Waals surface area contributed by atoms with Crippen molar-refractivity contribution < 1.29 is 10.3 Å². The van der Waals surface area contributed by atoms with Crippen LogP contribution in [0, 0.1) is 12.3 Å². The van der Waals surface area contributed by atoms with E-state index in [1.165, 1.54) is 0 Å². The first-order chi connectivity index (χ1) is 18.2. The molecule has 2 aromatic carbocycles. The van der Waals surface area contributed by atoms with Gasteiger partial charge < -0.3 is 21.4 Å². The molecule has 0 spiro atoms. The van der Waals surface area contributed by atoms with Crippen molar-refractivity contribution in [2.45, 2.75) is 39.7 Å². The number of aliphatic imine (C=N–C) groups is 1. The van der Waals surface area contributed by atoms with Crippen LogP contribution in [0.15, 0.2) is 59.7 Å². The summed E-state index contributed by atoms with van der Waals surface area (Å²) in [7, 11) is 1.71. The molecule has 1 aromatic heterocycles. The van der Waals surface area contributed by atoms with E-state index in [1.807, 2.05) is 55.6 Å². The molecule has 1 aliphatic heterocycles. The van der Waals surface area contributed by atoms with Gasteiger partial charge in [0.25, 0.3) is 0 Å². The monoisotopic (exact) mass is 531 g/mol. The maximum Gasteiger partial charge on any atom is 0.128 e. The molecule has 2 heterocycles. The number of aromatic nitrogens is 1. The number of nitrogen functional groups attached to an aromatic ring is 1. The molecule has 1 aliphatic rings. The molecule has 9 heteroatoms. The van der Waals surface area contributed by atoms with Crippen LogP contribution in [-0.2, 0) is 4.84 Å². The van der Waals surface area contributed by atoms with Gasteiger partial charge in [0, 0.05) is 61.8 Å². The molecule has 1 saturated heterocycles. The summed E-state index contributed by atoms with van der Waals surface area (Å²) in [5.74, 6) is 0.953. The van der Waals surface area contributed by atoms with E-state index in [0.717, 1.165) is 72.0 Å². The van der Waals surface area contributed by atoms with Gasteiger partial charge in [-0.1, -0.05) is 30.3 Å². The van der Waals surface area contributed by atoms with Gasteiger partial charge in [0.05, 0.1) is 28.9 Å². The minimum atomic E-state index is -0.191. The summed E-state index contributed by atoms with van der Waals surface area (Å²) < 4.78 is 0. The van der Waals surface area contributed by atoms with Gasteiger partial charge in [-0.05, 0) is 57.9 Å². The number of nitrogens with two attached hydrogens (primary N) is 1. The summed E-state index contributed by atoms with van der Waals surface area (Å²) in [6, 6.07) is 15.7. The highest BCUT2D eigenvalue weighted by molar-refractivity contribution is 6.18. The molecule has 0 radical (unpaired) electrons. The molecule has 208 valence electrons. The second kappa shape index (κ2) is 12.8. The van der Waals surface area contributed by atoms with E-state index < -0.39 is 0 Å². The fourth-order valence-corrected chi connectivity index (χ4v) is 4.65. The molecule has 3 aromatic rings. The second-order valence-electron chi connectivity index (χ2n) is 10.6. The van der Waals surface area contributed by atoms with Gasteiger partial charge in [0.1, 0.15) is 5.82 Å². The first-order valence-corrected chi connectivity index (χ1v) is 13.1. The van der Waals surface area contributed by atoms with Crippen molar-refractivity contribution in [3.05, 3.63) is 77.0 Å². The van der Waals surface area contributed by atoms with Crippen molar-refractivity contribution in [3.8, 4) is 0 Å². The Hall–Kier alpha value is -3.79. The average molecular weight is 532 g/mol. The Bertz CT molecular complexity index is 1300. The number of hydrogen-bond donors (Lipinski definition) is 3. The maximum atomic E-state index is 9.06. The van der Waals surface area contributed by atoms with E-state index >= 15 is 0 Å². The van der Waals surface area contributed by atoms with E-state index in [4.69, 9.17) is 21.0 Å². The van der Waals surface area contributed by atoms with Gasteiger partial charge in [-0.15, -0.1) is 0 Å². The third kappa shape index (κ3) is 7.41. The minimum Gasteiger partial charge on any atom is -0.412 e. The summed E-state index contributed by atoms with van der Waals surface area (Å²) in [6.07, 6.45) is 4.59. The van der Waals surface area contributed by atoms with E-state index in [2.05, 4.69) is 47.1 Å². The number of benzene rings is 2. The lowest BCUT2D eigenvalue weighted by atomic mass is 9.94. The van der Waals surface area contributed by atoms with Crippen LogP contribution in [0.2, 0.25) is 0 Å². The Balaban J connectivity index is 0.00000420. The summed E-state index contributed by atoms with van der Waals surface area (Å²) in [5, 5.41) is 14.6. The molecule has 0 aliphatic carbocycles. The highest BCUT2D eigenvalue weighted by Crippen LogP contribution is 2.29. The van der Waals surface area contributed by atoms with Crippen LogP contribution in [0.1, 0.15) is 49.4 Å². The van der Waals surface area contributed by atoms with Crippen LogP contribution in [0.4, 0.5) is 22.9 Å². The zero-order valence-corrected chi connectivity index (χ0v) is 23.6. The van der Waals surface area contributed by atoms with E-state index in [0.29, 0.717) is 11.4 Å². The summed E-state index contributed by atoms with van der Waals surface area (Å²) in [5.41, 5.74) is 12.1. The van der Waals surface area contributed by atoms with Crippen molar-refractivity contribution in [1.82, 2.24) is 10.0 Å². The number of nitrogens with one attached hydrogen (secondary N) is 2.